The van der Waals surface area contributed by atoms with Crippen molar-refractivity contribution in [2.45, 2.75) is 39.7 Å². The molecule has 4 nitrogen and oxygen atoms in total. The summed E-state index contributed by atoms with van der Waals surface area (Å²) in [7, 11) is 0. The van der Waals surface area contributed by atoms with Gasteiger partial charge in [-0.1, -0.05) is 54.2 Å². The third kappa shape index (κ3) is 4.65. The van der Waals surface area contributed by atoms with Gasteiger partial charge in [0.15, 0.2) is 0 Å². The highest BCUT2D eigenvalue weighted by molar-refractivity contribution is 6.35. The van der Waals surface area contributed by atoms with Crippen LogP contribution in [0.3, 0.4) is 0 Å². The van der Waals surface area contributed by atoms with Crippen LogP contribution in [0.5, 0.6) is 0 Å². The van der Waals surface area contributed by atoms with Crippen molar-refractivity contribution < 1.29 is 4.79 Å². The van der Waals surface area contributed by atoms with Crippen molar-refractivity contribution in [1.29, 1.82) is 0 Å². The Kier molecular flexibility index (Phi) is 6.96. The Hall–Kier alpha value is -1.23. The maximum atomic E-state index is 12.4. The summed E-state index contributed by atoms with van der Waals surface area (Å²) in [5.74, 6) is -0.217. The molecule has 0 aliphatic rings. The fourth-order valence-electron chi connectivity index (χ4n) is 2.39. The topological polar surface area (TPSA) is 46.9 Å². The molecule has 0 radical (unpaired) electrons. The number of rotatable bonds is 7. The standard InChI is InChI=1S/C17H20Cl3N3O/c1-3-4-9-23-16(20)15(11(2)22-23)17(24)21-8-7-12-5-6-13(18)10-14(12)19/h5-6,10H,3-4,7-9H2,1-2H3,(H,21,24). The summed E-state index contributed by atoms with van der Waals surface area (Å²) in [4.78, 5) is 12.4. The molecular weight excluding hydrogens is 369 g/mol. The van der Waals surface area contributed by atoms with Gasteiger partial charge in [0.25, 0.3) is 5.91 Å². The summed E-state index contributed by atoms with van der Waals surface area (Å²) >= 11 is 18.3. The molecule has 0 fully saturated rings. The molecule has 1 aromatic carbocycles. The first kappa shape index (κ1) is 19.1. The number of carbonyl (C=O) groups excluding carboxylic acids is 1. The lowest BCUT2D eigenvalue weighted by molar-refractivity contribution is 0.0953. The van der Waals surface area contributed by atoms with Crippen molar-refractivity contribution in [1.82, 2.24) is 15.1 Å². The molecule has 1 amide bonds. The molecule has 1 heterocycles. The van der Waals surface area contributed by atoms with E-state index in [2.05, 4.69) is 17.3 Å². The predicted molar refractivity (Wildman–Crippen MR) is 99.4 cm³/mol. The average molecular weight is 389 g/mol. The van der Waals surface area contributed by atoms with Gasteiger partial charge in [0, 0.05) is 23.1 Å². The largest absolute Gasteiger partial charge is 0.352 e. The Morgan fingerprint density at radius 1 is 1.29 bits per heavy atom. The quantitative estimate of drug-likeness (QED) is 0.731. The Morgan fingerprint density at radius 2 is 2.04 bits per heavy atom. The summed E-state index contributed by atoms with van der Waals surface area (Å²) in [5, 5.41) is 8.80. The van der Waals surface area contributed by atoms with Crippen LogP contribution in [0, 0.1) is 6.92 Å². The Morgan fingerprint density at radius 3 is 2.71 bits per heavy atom. The maximum absolute atomic E-state index is 12.4. The number of carbonyl (C=O) groups is 1. The van der Waals surface area contributed by atoms with Crippen LogP contribution < -0.4 is 5.32 Å². The number of nitrogens with zero attached hydrogens (tertiary/aromatic N) is 2. The predicted octanol–water partition coefficient (Wildman–Crippen LogP) is 4.92. The summed E-state index contributed by atoms with van der Waals surface area (Å²) in [6.45, 7) is 5.05. The summed E-state index contributed by atoms with van der Waals surface area (Å²) in [6, 6.07) is 5.33. The van der Waals surface area contributed by atoms with Gasteiger partial charge < -0.3 is 5.32 Å². The summed E-state index contributed by atoms with van der Waals surface area (Å²) < 4.78 is 1.69. The van der Waals surface area contributed by atoms with Gasteiger partial charge in [-0.25, -0.2) is 0 Å². The zero-order chi connectivity index (χ0) is 17.7. The van der Waals surface area contributed by atoms with Crippen LogP contribution in [-0.2, 0) is 13.0 Å². The van der Waals surface area contributed by atoms with Gasteiger partial charge in [-0.2, -0.15) is 5.10 Å². The van der Waals surface area contributed by atoms with Crippen molar-refractivity contribution in [3.63, 3.8) is 0 Å². The Bertz CT molecular complexity index is 728. The van der Waals surface area contributed by atoms with Crippen LogP contribution in [0.25, 0.3) is 0 Å². The molecule has 2 aromatic rings. The molecule has 7 heteroatoms. The third-order valence-corrected chi connectivity index (χ3v) is 4.68. The molecule has 0 unspecified atom stereocenters. The van der Waals surface area contributed by atoms with E-state index in [9.17, 15) is 4.79 Å². The number of benzene rings is 1. The van der Waals surface area contributed by atoms with Crippen LogP contribution in [0.4, 0.5) is 0 Å². The van der Waals surface area contributed by atoms with Gasteiger partial charge in [-0.05, 0) is 37.5 Å². The average Bonchev–Trinajstić information content (AvgIpc) is 2.81. The van der Waals surface area contributed by atoms with Gasteiger partial charge in [0.1, 0.15) is 5.15 Å². The zero-order valence-corrected chi connectivity index (χ0v) is 16.0. The summed E-state index contributed by atoms with van der Waals surface area (Å²) in [5.41, 5.74) is 2.01. The maximum Gasteiger partial charge on any atom is 0.256 e. The molecule has 0 bridgehead atoms. The molecule has 0 saturated carbocycles. The minimum atomic E-state index is -0.217. The van der Waals surface area contributed by atoms with E-state index >= 15 is 0 Å². The number of halogens is 3. The number of nitrogens with one attached hydrogen (secondary N) is 1. The van der Waals surface area contributed by atoms with Crippen LogP contribution in [0.15, 0.2) is 18.2 Å². The van der Waals surface area contributed by atoms with Crippen molar-refractivity contribution in [2.24, 2.45) is 0 Å². The molecular formula is C17H20Cl3N3O. The van der Waals surface area contributed by atoms with Crippen molar-refractivity contribution in [3.8, 4) is 0 Å². The van der Waals surface area contributed by atoms with Crippen LogP contribution in [-0.4, -0.2) is 22.2 Å². The molecule has 130 valence electrons. The number of hydrogen-bond acceptors (Lipinski definition) is 2. The van der Waals surface area contributed by atoms with Crippen LogP contribution in [0.1, 0.15) is 41.4 Å². The van der Waals surface area contributed by atoms with E-state index in [0.29, 0.717) is 46.0 Å². The first-order valence-corrected chi connectivity index (χ1v) is 9.02. The van der Waals surface area contributed by atoms with Crippen molar-refractivity contribution >= 4 is 40.7 Å². The number of amides is 1. The molecule has 0 aliphatic carbocycles. The highest BCUT2D eigenvalue weighted by atomic mass is 35.5. The highest BCUT2D eigenvalue weighted by Gasteiger charge is 2.19. The molecule has 0 spiro atoms. The minimum absolute atomic E-state index is 0.217. The second kappa shape index (κ2) is 8.75. The number of aromatic nitrogens is 2. The van der Waals surface area contributed by atoms with Crippen molar-refractivity contribution in [2.75, 3.05) is 6.54 Å². The van der Waals surface area contributed by atoms with E-state index in [1.165, 1.54) is 0 Å². The zero-order valence-electron chi connectivity index (χ0n) is 13.7. The first-order chi connectivity index (χ1) is 11.4. The van der Waals surface area contributed by atoms with E-state index in [1.54, 1.807) is 23.7 Å². The van der Waals surface area contributed by atoms with Gasteiger partial charge in [0.2, 0.25) is 0 Å². The minimum Gasteiger partial charge on any atom is -0.352 e. The molecule has 2 rings (SSSR count). The van der Waals surface area contributed by atoms with Gasteiger partial charge in [0.05, 0.1) is 11.3 Å². The third-order valence-electron chi connectivity index (χ3n) is 3.71. The van der Waals surface area contributed by atoms with E-state index in [0.717, 1.165) is 18.4 Å². The van der Waals surface area contributed by atoms with E-state index in [1.807, 2.05) is 6.07 Å². The molecule has 1 aromatic heterocycles. The van der Waals surface area contributed by atoms with Gasteiger partial charge in [-0.3, -0.25) is 9.48 Å². The molecule has 0 saturated heterocycles. The Labute approximate surface area is 157 Å². The second-order valence-electron chi connectivity index (χ2n) is 5.57. The number of hydrogen-bond donors (Lipinski definition) is 1. The van der Waals surface area contributed by atoms with E-state index < -0.39 is 0 Å². The molecule has 24 heavy (non-hydrogen) atoms. The van der Waals surface area contributed by atoms with Crippen LogP contribution >= 0.6 is 34.8 Å². The van der Waals surface area contributed by atoms with E-state index in [4.69, 9.17) is 34.8 Å². The Balaban J connectivity index is 1.98. The normalized spacial score (nSPS) is 10.9. The monoisotopic (exact) mass is 387 g/mol. The smallest absolute Gasteiger partial charge is 0.256 e. The van der Waals surface area contributed by atoms with Gasteiger partial charge in [-0.15, -0.1) is 0 Å². The van der Waals surface area contributed by atoms with Crippen LogP contribution in [0.2, 0.25) is 15.2 Å². The number of unbranched alkanes of at least 4 members (excludes halogenated alkanes) is 1. The molecule has 0 atom stereocenters. The lowest BCUT2D eigenvalue weighted by atomic mass is 10.1. The lowest BCUT2D eigenvalue weighted by Gasteiger charge is -2.07. The van der Waals surface area contributed by atoms with Gasteiger partial charge >= 0.3 is 0 Å². The van der Waals surface area contributed by atoms with Crippen molar-refractivity contribution in [3.05, 3.63) is 50.2 Å². The fourth-order valence-corrected chi connectivity index (χ4v) is 3.24. The summed E-state index contributed by atoms with van der Waals surface area (Å²) in [6.07, 6.45) is 2.62. The highest BCUT2D eigenvalue weighted by Crippen LogP contribution is 2.22. The second-order valence-corrected chi connectivity index (χ2v) is 6.77. The van der Waals surface area contributed by atoms with E-state index in [-0.39, 0.29) is 5.91 Å². The molecule has 1 N–H and O–H groups in total. The SMILES string of the molecule is CCCCn1nc(C)c(C(=O)NCCc2ccc(Cl)cc2Cl)c1Cl. The first-order valence-electron chi connectivity index (χ1n) is 7.89. The molecule has 0 aliphatic heterocycles. The fraction of sp³-hybridized carbons (Fsp3) is 0.412. The number of aryl methyl sites for hydroxylation is 2. The lowest BCUT2D eigenvalue weighted by Crippen LogP contribution is -2.26.